The fraction of sp³-hybridized carbons (Fsp3) is 0.0769. The molecule has 0 amide bonds. The van der Waals surface area contributed by atoms with E-state index in [-0.39, 0.29) is 0 Å². The van der Waals surface area contributed by atoms with Gasteiger partial charge in [-0.2, -0.15) is 0 Å². The van der Waals surface area contributed by atoms with Gasteiger partial charge in [0.05, 0.1) is 11.2 Å². The lowest BCUT2D eigenvalue weighted by molar-refractivity contribution is 1.10. The summed E-state index contributed by atoms with van der Waals surface area (Å²) in [6.07, 6.45) is 1.82. The Morgan fingerprint density at radius 2 is 2.00 bits per heavy atom. The molecule has 0 bridgehead atoms. The van der Waals surface area contributed by atoms with E-state index in [9.17, 15) is 0 Å². The molecule has 84 valence electrons. The van der Waals surface area contributed by atoms with Gasteiger partial charge < -0.3 is 5.73 Å². The van der Waals surface area contributed by atoms with Crippen LogP contribution in [-0.2, 0) is 6.54 Å². The third kappa shape index (κ3) is 1.92. The van der Waals surface area contributed by atoms with Gasteiger partial charge in [-0.15, -0.1) is 11.3 Å². The Labute approximate surface area is 103 Å². The summed E-state index contributed by atoms with van der Waals surface area (Å²) in [5, 5.41) is 2.07. The summed E-state index contributed by atoms with van der Waals surface area (Å²) < 4.78 is 0. The van der Waals surface area contributed by atoms with E-state index in [0.29, 0.717) is 6.54 Å². The lowest BCUT2D eigenvalue weighted by Crippen LogP contribution is -1.91. The van der Waals surface area contributed by atoms with Gasteiger partial charge in [0.25, 0.3) is 0 Å². The molecule has 0 saturated heterocycles. The maximum Gasteiger partial charge on any atom is 0.142 e. The highest BCUT2D eigenvalue weighted by Gasteiger charge is 2.05. The van der Waals surface area contributed by atoms with Crippen LogP contribution < -0.4 is 5.73 Å². The predicted octanol–water partition coefficient (Wildman–Crippen LogP) is 2.82. The van der Waals surface area contributed by atoms with Gasteiger partial charge in [-0.3, -0.25) is 0 Å². The predicted molar refractivity (Wildman–Crippen MR) is 70.7 cm³/mol. The van der Waals surface area contributed by atoms with E-state index in [1.807, 2.05) is 30.5 Å². The minimum atomic E-state index is 0.533. The highest BCUT2D eigenvalue weighted by molar-refractivity contribution is 7.14. The van der Waals surface area contributed by atoms with Crippen molar-refractivity contribution in [3.63, 3.8) is 0 Å². The number of hydrogen-bond acceptors (Lipinski definition) is 4. The molecule has 0 saturated carbocycles. The maximum atomic E-state index is 5.58. The number of para-hydroxylation sites is 1. The second-order valence-electron chi connectivity index (χ2n) is 3.73. The summed E-state index contributed by atoms with van der Waals surface area (Å²) >= 11 is 1.60. The molecule has 0 unspecified atom stereocenters. The number of rotatable bonds is 2. The number of fused-ring (bicyclic) bond motifs is 1. The van der Waals surface area contributed by atoms with Crippen LogP contribution in [0.3, 0.4) is 0 Å². The molecule has 0 fully saturated rings. The van der Waals surface area contributed by atoms with Gasteiger partial charge in [-0.1, -0.05) is 24.3 Å². The molecule has 3 aromatic rings. The highest BCUT2D eigenvalue weighted by Crippen LogP contribution is 2.25. The molecule has 2 N–H and O–H groups in total. The van der Waals surface area contributed by atoms with Gasteiger partial charge in [-0.05, 0) is 12.1 Å². The van der Waals surface area contributed by atoms with E-state index in [1.54, 1.807) is 11.3 Å². The molecule has 0 atom stereocenters. The Balaban J connectivity index is 2.11. The maximum absolute atomic E-state index is 5.58. The van der Waals surface area contributed by atoms with Crippen LogP contribution in [0.4, 0.5) is 0 Å². The zero-order chi connectivity index (χ0) is 11.7. The van der Waals surface area contributed by atoms with Gasteiger partial charge in [0.1, 0.15) is 5.01 Å². The zero-order valence-electron chi connectivity index (χ0n) is 9.13. The molecule has 17 heavy (non-hydrogen) atoms. The lowest BCUT2D eigenvalue weighted by Gasteiger charge is -1.99. The summed E-state index contributed by atoms with van der Waals surface area (Å²) in [6, 6.07) is 12.1. The fourth-order valence-corrected chi connectivity index (χ4v) is 2.47. The van der Waals surface area contributed by atoms with Gasteiger partial charge in [-0.25, -0.2) is 9.97 Å². The zero-order valence-corrected chi connectivity index (χ0v) is 9.95. The number of thiazole rings is 1. The van der Waals surface area contributed by atoms with Crippen LogP contribution in [0.2, 0.25) is 0 Å². The van der Waals surface area contributed by atoms with Crippen molar-refractivity contribution in [2.75, 3.05) is 0 Å². The average molecular weight is 241 g/mol. The van der Waals surface area contributed by atoms with E-state index in [1.165, 1.54) is 0 Å². The summed E-state index contributed by atoms with van der Waals surface area (Å²) in [6.45, 7) is 0.533. The monoisotopic (exact) mass is 241 g/mol. The third-order valence-corrected chi connectivity index (χ3v) is 3.61. The SMILES string of the molecule is NCc1cnc(-c2ccc3ccccc3n2)s1. The number of aromatic nitrogens is 2. The Bertz CT molecular complexity index is 660. The first-order chi connectivity index (χ1) is 8.36. The van der Waals surface area contributed by atoms with Gasteiger partial charge >= 0.3 is 0 Å². The highest BCUT2D eigenvalue weighted by atomic mass is 32.1. The Kier molecular flexibility index (Phi) is 2.59. The van der Waals surface area contributed by atoms with Gasteiger partial charge in [0, 0.05) is 23.0 Å². The van der Waals surface area contributed by atoms with Crippen LogP contribution in [0.15, 0.2) is 42.6 Å². The van der Waals surface area contributed by atoms with Gasteiger partial charge in [0.15, 0.2) is 0 Å². The molecule has 0 radical (unpaired) electrons. The average Bonchev–Trinajstić information content (AvgIpc) is 2.87. The first-order valence-corrected chi connectivity index (χ1v) is 6.19. The Hall–Kier alpha value is -1.78. The summed E-state index contributed by atoms with van der Waals surface area (Å²) in [4.78, 5) is 10.0. The van der Waals surface area contributed by atoms with E-state index in [2.05, 4.69) is 22.1 Å². The smallest absolute Gasteiger partial charge is 0.142 e. The normalized spacial score (nSPS) is 10.9. The minimum absolute atomic E-state index is 0.533. The molecule has 3 rings (SSSR count). The van der Waals surface area contributed by atoms with E-state index in [4.69, 9.17) is 5.73 Å². The summed E-state index contributed by atoms with van der Waals surface area (Å²) in [5.41, 5.74) is 7.49. The first kappa shape index (κ1) is 10.4. The van der Waals surface area contributed by atoms with Crippen molar-refractivity contribution in [3.8, 4) is 10.7 Å². The van der Waals surface area contributed by atoms with Crippen LogP contribution in [0.1, 0.15) is 4.88 Å². The molecule has 2 aromatic heterocycles. The van der Waals surface area contributed by atoms with E-state index < -0.39 is 0 Å². The lowest BCUT2D eigenvalue weighted by atomic mass is 10.2. The molecular formula is C13H11N3S. The molecule has 4 heteroatoms. The van der Waals surface area contributed by atoms with Crippen molar-refractivity contribution >= 4 is 22.2 Å². The van der Waals surface area contributed by atoms with Crippen LogP contribution in [0, 0.1) is 0 Å². The van der Waals surface area contributed by atoms with Gasteiger partial charge in [0.2, 0.25) is 0 Å². The molecule has 0 spiro atoms. The van der Waals surface area contributed by atoms with E-state index >= 15 is 0 Å². The number of benzene rings is 1. The third-order valence-electron chi connectivity index (χ3n) is 2.57. The van der Waals surface area contributed by atoms with E-state index in [0.717, 1.165) is 26.5 Å². The molecule has 0 aliphatic carbocycles. The van der Waals surface area contributed by atoms with Crippen LogP contribution in [0.5, 0.6) is 0 Å². The van der Waals surface area contributed by atoms with Crippen molar-refractivity contribution in [2.24, 2.45) is 5.73 Å². The van der Waals surface area contributed by atoms with Crippen molar-refractivity contribution in [3.05, 3.63) is 47.5 Å². The molecular weight excluding hydrogens is 230 g/mol. The first-order valence-electron chi connectivity index (χ1n) is 5.38. The summed E-state index contributed by atoms with van der Waals surface area (Å²) in [5.74, 6) is 0. The standard InChI is InChI=1S/C13H11N3S/c14-7-10-8-15-13(17-10)12-6-5-9-3-1-2-4-11(9)16-12/h1-6,8H,7,14H2. The number of nitrogens with two attached hydrogens (primary N) is 1. The molecule has 0 aliphatic rings. The topological polar surface area (TPSA) is 51.8 Å². The number of nitrogens with zero attached hydrogens (tertiary/aromatic N) is 2. The van der Waals surface area contributed by atoms with Crippen LogP contribution in [-0.4, -0.2) is 9.97 Å². The van der Waals surface area contributed by atoms with Crippen molar-refractivity contribution in [1.82, 2.24) is 9.97 Å². The molecule has 3 nitrogen and oxygen atoms in total. The molecule has 2 heterocycles. The Morgan fingerprint density at radius 1 is 1.12 bits per heavy atom. The van der Waals surface area contributed by atoms with Crippen molar-refractivity contribution in [2.45, 2.75) is 6.54 Å². The largest absolute Gasteiger partial charge is 0.326 e. The van der Waals surface area contributed by atoms with Crippen molar-refractivity contribution in [1.29, 1.82) is 0 Å². The number of hydrogen-bond donors (Lipinski definition) is 1. The second-order valence-corrected chi connectivity index (χ2v) is 4.84. The fourth-order valence-electron chi connectivity index (χ4n) is 1.71. The molecule has 1 aromatic carbocycles. The van der Waals surface area contributed by atoms with Crippen LogP contribution >= 0.6 is 11.3 Å². The number of pyridine rings is 1. The molecule has 0 aliphatic heterocycles. The second kappa shape index (κ2) is 4.24. The minimum Gasteiger partial charge on any atom is -0.326 e. The van der Waals surface area contributed by atoms with Crippen molar-refractivity contribution < 1.29 is 0 Å². The Morgan fingerprint density at radius 3 is 2.82 bits per heavy atom. The van der Waals surface area contributed by atoms with Crippen LogP contribution in [0.25, 0.3) is 21.6 Å². The summed E-state index contributed by atoms with van der Waals surface area (Å²) in [7, 11) is 0. The quantitative estimate of drug-likeness (QED) is 0.750.